The molecule has 8 atom stereocenters. The molecule has 0 spiro atoms. The second kappa shape index (κ2) is 7.62. The first kappa shape index (κ1) is 26.7. The van der Waals surface area contributed by atoms with Gasteiger partial charge in [0.1, 0.15) is 6.61 Å². The Morgan fingerprint density at radius 2 is 1.73 bits per heavy atom. The van der Waals surface area contributed by atoms with Crippen molar-refractivity contribution in [1.82, 2.24) is 0 Å². The molecule has 6 nitrogen and oxygen atoms in total. The molecular weight excluding hydrogens is 475 g/mol. The number of allylic oxidation sites excluding steroid dienone is 4. The summed E-state index contributed by atoms with van der Waals surface area (Å²) in [6.45, 7) is 12.6. The van der Waals surface area contributed by atoms with E-state index in [1.54, 1.807) is 13.0 Å². The molecule has 0 aliphatic heterocycles. The van der Waals surface area contributed by atoms with Crippen LogP contribution in [0.2, 0.25) is 0 Å². The van der Waals surface area contributed by atoms with Gasteiger partial charge in [0.25, 0.3) is 0 Å². The second-order valence-corrected chi connectivity index (χ2v) is 14.0. The highest BCUT2D eigenvalue weighted by molar-refractivity contribution is 6.01. The Labute approximate surface area is 218 Å². The van der Waals surface area contributed by atoms with Gasteiger partial charge in [0, 0.05) is 22.7 Å². The molecule has 0 saturated heterocycles. The summed E-state index contributed by atoms with van der Waals surface area (Å²) in [5.74, 6) is -3.06. The highest BCUT2D eigenvalue weighted by atomic mass is 19.1. The van der Waals surface area contributed by atoms with Gasteiger partial charge in [-0.1, -0.05) is 53.2 Å². The van der Waals surface area contributed by atoms with Crippen LogP contribution in [0.25, 0.3) is 0 Å². The van der Waals surface area contributed by atoms with Gasteiger partial charge >= 0.3 is 5.97 Å². The first-order valence-corrected chi connectivity index (χ1v) is 13.6. The fourth-order valence-corrected chi connectivity index (χ4v) is 9.52. The average molecular weight is 517 g/mol. The van der Waals surface area contributed by atoms with Crippen molar-refractivity contribution in [2.75, 3.05) is 6.61 Å². The van der Waals surface area contributed by atoms with Crippen molar-refractivity contribution in [3.05, 3.63) is 23.8 Å². The first-order chi connectivity index (χ1) is 17.0. The number of halogens is 1. The molecule has 5 rings (SSSR count). The lowest BCUT2D eigenvalue weighted by Gasteiger charge is -2.62. The van der Waals surface area contributed by atoms with E-state index in [2.05, 4.69) is 0 Å². The summed E-state index contributed by atoms with van der Waals surface area (Å²) in [6.07, 6.45) is 4.31. The van der Waals surface area contributed by atoms with Crippen molar-refractivity contribution in [3.63, 3.8) is 0 Å². The Balaban J connectivity index is 1.59. The maximum Gasteiger partial charge on any atom is 0.311 e. The Morgan fingerprint density at radius 3 is 2.30 bits per heavy atom. The number of rotatable bonds is 4. The third-order valence-electron chi connectivity index (χ3n) is 12.3. The van der Waals surface area contributed by atoms with Crippen LogP contribution in [0.5, 0.6) is 0 Å². The van der Waals surface area contributed by atoms with Crippen molar-refractivity contribution in [2.45, 2.75) is 91.5 Å². The highest BCUT2D eigenvalue weighted by Crippen LogP contribution is 2.73. The zero-order valence-corrected chi connectivity index (χ0v) is 23.1. The molecule has 7 heteroatoms. The van der Waals surface area contributed by atoms with Gasteiger partial charge in [-0.25, -0.2) is 4.39 Å². The van der Waals surface area contributed by atoms with E-state index < -0.39 is 64.3 Å². The minimum Gasteiger partial charge on any atom is -0.450 e. The van der Waals surface area contributed by atoms with E-state index in [1.165, 1.54) is 12.2 Å². The molecule has 5 aliphatic rings. The Bertz CT molecular complexity index is 1120. The van der Waals surface area contributed by atoms with Gasteiger partial charge < -0.3 is 14.9 Å². The van der Waals surface area contributed by atoms with Crippen molar-refractivity contribution in [1.29, 1.82) is 0 Å². The molecule has 2 N–H and O–H groups in total. The van der Waals surface area contributed by atoms with Crippen LogP contribution in [0, 0.1) is 45.3 Å². The zero-order chi connectivity index (χ0) is 27.6. The second-order valence-electron chi connectivity index (χ2n) is 14.0. The summed E-state index contributed by atoms with van der Waals surface area (Å²) < 4.78 is 23.7. The third kappa shape index (κ3) is 2.91. The molecule has 0 amide bonds. The Morgan fingerprint density at radius 1 is 1.11 bits per heavy atom. The summed E-state index contributed by atoms with van der Waals surface area (Å²) in [7, 11) is 0. The molecule has 5 aliphatic carbocycles. The zero-order valence-electron chi connectivity index (χ0n) is 23.1. The van der Waals surface area contributed by atoms with E-state index in [1.807, 2.05) is 41.5 Å². The number of ketones is 2. The van der Waals surface area contributed by atoms with Gasteiger partial charge in [-0.2, -0.15) is 0 Å². The highest BCUT2D eigenvalue weighted by Gasteiger charge is 2.78. The van der Waals surface area contributed by atoms with Crippen LogP contribution in [-0.2, 0) is 19.1 Å². The molecule has 0 heterocycles. The molecule has 4 fully saturated rings. The quantitative estimate of drug-likeness (QED) is 0.545. The van der Waals surface area contributed by atoms with Gasteiger partial charge in [-0.3, -0.25) is 14.4 Å². The molecule has 0 aromatic carbocycles. The van der Waals surface area contributed by atoms with Crippen LogP contribution < -0.4 is 0 Å². The number of carbonyl (C=O) groups excluding carboxylic acids is 3. The standard InChI is InChI=1S/C30H41FO6/c1-16-12-20-19-9-8-17-13-18(33)10-11-27(17,6)29(19,31)21(34)14-28(20,7)30(16,22(35)15-32)37-24(36)23-25(2,3)26(23,4)5/h10-11,13,16,19-21,23,32,34H,8-9,12,14-15H2,1-7H3/t16-,19+,20+,21?,27+,28+,29+,30+/m1/s1. The molecule has 0 bridgehead atoms. The molecule has 0 aromatic rings. The predicted molar refractivity (Wildman–Crippen MR) is 135 cm³/mol. The predicted octanol–water partition coefficient (Wildman–Crippen LogP) is 4.13. The molecule has 0 radical (unpaired) electrons. The van der Waals surface area contributed by atoms with E-state index in [-0.39, 0.29) is 29.0 Å². The largest absolute Gasteiger partial charge is 0.450 e. The van der Waals surface area contributed by atoms with Crippen LogP contribution in [0.4, 0.5) is 4.39 Å². The SMILES string of the molecule is C[C@@H]1C[C@H]2[C@@H]3CCC4=CC(=O)C=C[C@]4(C)[C@@]3(F)C(O)C[C@]2(C)[C@@]1(OC(=O)C1C(C)(C)C1(C)C)C(=O)CO. The van der Waals surface area contributed by atoms with Gasteiger partial charge in [0.05, 0.1) is 12.0 Å². The summed E-state index contributed by atoms with van der Waals surface area (Å²) in [6, 6.07) is 0. The van der Waals surface area contributed by atoms with E-state index >= 15 is 4.39 Å². The summed E-state index contributed by atoms with van der Waals surface area (Å²) in [5, 5.41) is 21.7. The molecule has 4 saturated carbocycles. The topological polar surface area (TPSA) is 101 Å². The minimum atomic E-state index is -2.04. The number of hydrogen-bond acceptors (Lipinski definition) is 6. The lowest BCUT2D eigenvalue weighted by atomic mass is 9.44. The number of hydrogen-bond donors (Lipinski definition) is 2. The van der Waals surface area contributed by atoms with Crippen LogP contribution in [0.1, 0.15) is 74.1 Å². The Kier molecular flexibility index (Phi) is 5.51. The number of carbonyl (C=O) groups is 3. The maximum absolute atomic E-state index is 17.4. The number of ether oxygens (including phenoxy) is 1. The van der Waals surface area contributed by atoms with Crippen molar-refractivity contribution >= 4 is 17.5 Å². The smallest absolute Gasteiger partial charge is 0.311 e. The number of aliphatic hydroxyl groups excluding tert-OH is 2. The lowest BCUT2D eigenvalue weighted by molar-refractivity contribution is -0.229. The Hall–Kier alpha value is -1.86. The summed E-state index contributed by atoms with van der Waals surface area (Å²) in [5.41, 5.74) is -5.82. The molecule has 1 unspecified atom stereocenters. The van der Waals surface area contributed by atoms with Crippen LogP contribution in [0.15, 0.2) is 23.8 Å². The van der Waals surface area contributed by atoms with Gasteiger partial charge in [-0.15, -0.1) is 0 Å². The number of alkyl halides is 1. The van der Waals surface area contributed by atoms with E-state index in [0.717, 1.165) is 0 Å². The van der Waals surface area contributed by atoms with Crippen molar-refractivity contribution in [3.8, 4) is 0 Å². The van der Waals surface area contributed by atoms with Crippen LogP contribution in [-0.4, -0.2) is 51.7 Å². The monoisotopic (exact) mass is 516 g/mol. The summed E-state index contributed by atoms with van der Waals surface area (Å²) >= 11 is 0. The molecule has 204 valence electrons. The minimum absolute atomic E-state index is 0.0872. The van der Waals surface area contributed by atoms with Gasteiger partial charge in [-0.05, 0) is 61.5 Å². The number of aliphatic hydroxyl groups is 2. The molecular formula is C30H41FO6. The van der Waals surface area contributed by atoms with Crippen LogP contribution >= 0.6 is 0 Å². The third-order valence-corrected chi connectivity index (χ3v) is 12.3. The van der Waals surface area contributed by atoms with E-state index in [4.69, 9.17) is 4.74 Å². The fraction of sp³-hybridized carbons (Fsp3) is 0.767. The summed E-state index contributed by atoms with van der Waals surface area (Å²) in [4.78, 5) is 39.3. The number of fused-ring (bicyclic) bond motifs is 5. The average Bonchev–Trinajstić information content (AvgIpc) is 3.12. The van der Waals surface area contributed by atoms with Gasteiger partial charge in [0.15, 0.2) is 17.1 Å². The first-order valence-electron chi connectivity index (χ1n) is 13.6. The lowest BCUT2D eigenvalue weighted by Crippen LogP contribution is -2.70. The van der Waals surface area contributed by atoms with E-state index in [9.17, 15) is 24.6 Å². The fourth-order valence-electron chi connectivity index (χ4n) is 9.52. The maximum atomic E-state index is 17.4. The van der Waals surface area contributed by atoms with Gasteiger partial charge in [0.2, 0.25) is 5.78 Å². The molecule has 0 aromatic heterocycles. The van der Waals surface area contributed by atoms with Crippen molar-refractivity contribution < 1.29 is 33.7 Å². The number of esters is 1. The van der Waals surface area contributed by atoms with Crippen molar-refractivity contribution in [2.24, 2.45) is 45.3 Å². The molecule has 37 heavy (non-hydrogen) atoms. The normalized spacial score (nSPS) is 47.4. The van der Waals surface area contributed by atoms with E-state index in [0.29, 0.717) is 24.8 Å². The van der Waals surface area contributed by atoms with Crippen LogP contribution in [0.3, 0.4) is 0 Å². The number of Topliss-reactive ketones (excluding diaryl/α,β-unsaturated/α-hetero) is 1.